The normalized spacial score (nSPS) is 10.0. The maximum atomic E-state index is 11.5. The lowest BCUT2D eigenvalue weighted by atomic mass is 10.1. The van der Waals surface area contributed by atoms with Gasteiger partial charge in [-0.15, -0.1) is 16.8 Å². The molecule has 0 bridgehead atoms. The number of hydrogen-bond donors (Lipinski definition) is 1. The lowest BCUT2D eigenvalue weighted by Crippen LogP contribution is -2.24. The Labute approximate surface area is 133 Å². The predicted molar refractivity (Wildman–Crippen MR) is 88.0 cm³/mol. The Bertz CT molecular complexity index is 627. The molecular weight excluding hydrogens is 298 g/mol. The molecule has 0 fully saturated rings. The average Bonchev–Trinajstić information content (AvgIpc) is 2.58. The third kappa shape index (κ3) is 4.60. The second kappa shape index (κ2) is 8.19. The van der Waals surface area contributed by atoms with Crippen molar-refractivity contribution in [3.8, 4) is 17.0 Å². The number of rotatable bonds is 7. The van der Waals surface area contributed by atoms with Crippen molar-refractivity contribution in [3.63, 3.8) is 0 Å². The second-order valence-electron chi connectivity index (χ2n) is 4.37. The molecule has 0 unspecified atom stereocenters. The number of thioether (sulfide) groups is 1. The van der Waals surface area contributed by atoms with E-state index in [0.29, 0.717) is 17.3 Å². The van der Waals surface area contributed by atoms with Crippen LogP contribution in [-0.2, 0) is 4.79 Å². The highest BCUT2D eigenvalue weighted by atomic mass is 32.2. The van der Waals surface area contributed by atoms with Crippen LogP contribution in [0, 0.1) is 0 Å². The zero-order valence-corrected chi connectivity index (χ0v) is 13.1. The third-order valence-electron chi connectivity index (χ3n) is 2.82. The van der Waals surface area contributed by atoms with Gasteiger partial charge in [0, 0.05) is 12.1 Å². The molecule has 2 aromatic rings. The molecule has 0 aliphatic rings. The lowest BCUT2D eigenvalue weighted by Gasteiger charge is -2.04. The maximum absolute atomic E-state index is 11.5. The van der Waals surface area contributed by atoms with Crippen LogP contribution in [0.15, 0.2) is 54.1 Å². The first-order valence-electron chi connectivity index (χ1n) is 6.71. The number of nitrogens with one attached hydrogen (secondary N) is 1. The van der Waals surface area contributed by atoms with Crippen LogP contribution in [0.3, 0.4) is 0 Å². The van der Waals surface area contributed by atoms with Crippen molar-refractivity contribution < 1.29 is 9.53 Å². The molecule has 1 amide bonds. The molecule has 0 saturated carbocycles. The fourth-order valence-corrected chi connectivity index (χ4v) is 2.33. The van der Waals surface area contributed by atoms with Crippen molar-refractivity contribution in [1.82, 2.24) is 15.5 Å². The monoisotopic (exact) mass is 315 g/mol. The Hall–Kier alpha value is -2.34. The van der Waals surface area contributed by atoms with Gasteiger partial charge in [0.25, 0.3) is 0 Å². The van der Waals surface area contributed by atoms with Crippen LogP contribution in [0.2, 0.25) is 0 Å². The zero-order valence-electron chi connectivity index (χ0n) is 12.3. The van der Waals surface area contributed by atoms with E-state index in [1.54, 1.807) is 13.2 Å². The Kier molecular flexibility index (Phi) is 5.97. The predicted octanol–water partition coefficient (Wildman–Crippen LogP) is 2.55. The molecule has 0 saturated heterocycles. The van der Waals surface area contributed by atoms with E-state index in [0.717, 1.165) is 17.0 Å². The van der Waals surface area contributed by atoms with Crippen LogP contribution in [0.1, 0.15) is 0 Å². The molecule has 0 aliphatic heterocycles. The van der Waals surface area contributed by atoms with Crippen LogP contribution in [-0.4, -0.2) is 35.5 Å². The fraction of sp³-hybridized carbons (Fsp3) is 0.188. The first-order chi connectivity index (χ1) is 10.7. The summed E-state index contributed by atoms with van der Waals surface area (Å²) in [5, 5.41) is 11.7. The highest BCUT2D eigenvalue weighted by Gasteiger charge is 2.05. The molecule has 1 heterocycles. The number of carbonyl (C=O) groups is 1. The quantitative estimate of drug-likeness (QED) is 0.628. The van der Waals surface area contributed by atoms with Crippen molar-refractivity contribution in [2.24, 2.45) is 0 Å². The molecular formula is C16H17N3O2S. The number of hydrogen-bond acceptors (Lipinski definition) is 5. The molecule has 1 aromatic heterocycles. The van der Waals surface area contributed by atoms with Crippen LogP contribution >= 0.6 is 11.8 Å². The highest BCUT2D eigenvalue weighted by molar-refractivity contribution is 7.99. The summed E-state index contributed by atoms with van der Waals surface area (Å²) in [6.07, 6.45) is 1.64. The minimum Gasteiger partial charge on any atom is -0.497 e. The summed E-state index contributed by atoms with van der Waals surface area (Å²) >= 11 is 1.35. The summed E-state index contributed by atoms with van der Waals surface area (Å²) in [6, 6.07) is 11.4. The molecule has 0 atom stereocenters. The minimum atomic E-state index is -0.0501. The summed E-state index contributed by atoms with van der Waals surface area (Å²) < 4.78 is 5.12. The SMILES string of the molecule is C=CCNC(=O)CSc1ccc(-c2ccc(OC)cc2)nn1. The number of methoxy groups -OCH3 is 1. The maximum Gasteiger partial charge on any atom is 0.230 e. The Balaban J connectivity index is 1.94. The van der Waals surface area contributed by atoms with Gasteiger partial charge < -0.3 is 10.1 Å². The van der Waals surface area contributed by atoms with E-state index in [1.807, 2.05) is 36.4 Å². The molecule has 6 heteroatoms. The van der Waals surface area contributed by atoms with Crippen molar-refractivity contribution in [2.75, 3.05) is 19.4 Å². The molecule has 114 valence electrons. The number of benzene rings is 1. The number of nitrogens with zero attached hydrogens (tertiary/aromatic N) is 2. The van der Waals surface area contributed by atoms with E-state index in [4.69, 9.17) is 4.74 Å². The average molecular weight is 315 g/mol. The number of ether oxygens (including phenoxy) is 1. The topological polar surface area (TPSA) is 64.1 Å². The van der Waals surface area contributed by atoms with Gasteiger partial charge in [-0.25, -0.2) is 0 Å². The molecule has 22 heavy (non-hydrogen) atoms. The van der Waals surface area contributed by atoms with Gasteiger partial charge in [-0.1, -0.05) is 17.8 Å². The van der Waals surface area contributed by atoms with Gasteiger partial charge in [-0.3, -0.25) is 4.79 Å². The first kappa shape index (κ1) is 16.0. The minimum absolute atomic E-state index is 0.0501. The van der Waals surface area contributed by atoms with Crippen molar-refractivity contribution in [3.05, 3.63) is 49.1 Å². The number of aromatic nitrogens is 2. The van der Waals surface area contributed by atoms with E-state index in [-0.39, 0.29) is 5.91 Å². The standard InChI is InChI=1S/C16H17N3O2S/c1-3-10-17-15(20)11-22-16-9-8-14(18-19-16)12-4-6-13(21-2)7-5-12/h3-9H,1,10-11H2,2H3,(H,17,20). The van der Waals surface area contributed by atoms with Crippen molar-refractivity contribution >= 4 is 17.7 Å². The molecule has 1 aromatic carbocycles. The Morgan fingerprint density at radius 3 is 2.64 bits per heavy atom. The van der Waals surface area contributed by atoms with Crippen molar-refractivity contribution in [1.29, 1.82) is 0 Å². The molecule has 0 radical (unpaired) electrons. The van der Waals surface area contributed by atoms with Crippen LogP contribution in [0.5, 0.6) is 5.75 Å². The lowest BCUT2D eigenvalue weighted by molar-refractivity contribution is -0.118. The van der Waals surface area contributed by atoms with Crippen LogP contribution in [0.25, 0.3) is 11.3 Å². The summed E-state index contributed by atoms with van der Waals surface area (Å²) in [5.41, 5.74) is 1.75. The van der Waals surface area contributed by atoms with Crippen LogP contribution < -0.4 is 10.1 Å². The summed E-state index contributed by atoms with van der Waals surface area (Å²) in [6.45, 7) is 4.02. The second-order valence-corrected chi connectivity index (χ2v) is 5.36. The molecule has 0 spiro atoms. The molecule has 0 aliphatic carbocycles. The number of amides is 1. The van der Waals surface area contributed by atoms with Gasteiger partial charge in [0.2, 0.25) is 5.91 Å². The third-order valence-corrected chi connectivity index (χ3v) is 3.74. The largest absolute Gasteiger partial charge is 0.497 e. The summed E-state index contributed by atoms with van der Waals surface area (Å²) in [7, 11) is 1.63. The van der Waals surface area contributed by atoms with Crippen LogP contribution in [0.4, 0.5) is 0 Å². The van der Waals surface area contributed by atoms with Gasteiger partial charge in [0.05, 0.1) is 18.6 Å². The number of carbonyl (C=O) groups excluding carboxylic acids is 1. The first-order valence-corrected chi connectivity index (χ1v) is 7.70. The van der Waals surface area contributed by atoms with Crippen molar-refractivity contribution in [2.45, 2.75) is 5.03 Å². The van der Waals surface area contributed by atoms with E-state index < -0.39 is 0 Å². The van der Waals surface area contributed by atoms with Gasteiger partial charge in [-0.2, -0.15) is 0 Å². The van der Waals surface area contributed by atoms with E-state index in [9.17, 15) is 4.79 Å². The van der Waals surface area contributed by atoms with E-state index in [2.05, 4.69) is 22.1 Å². The summed E-state index contributed by atoms with van der Waals surface area (Å²) in [4.78, 5) is 11.5. The van der Waals surface area contributed by atoms with Gasteiger partial charge in [0.1, 0.15) is 10.8 Å². The highest BCUT2D eigenvalue weighted by Crippen LogP contribution is 2.22. The van der Waals surface area contributed by atoms with E-state index in [1.165, 1.54) is 11.8 Å². The Morgan fingerprint density at radius 1 is 1.27 bits per heavy atom. The molecule has 1 N–H and O–H groups in total. The zero-order chi connectivity index (χ0) is 15.8. The molecule has 5 nitrogen and oxygen atoms in total. The van der Waals surface area contributed by atoms with Gasteiger partial charge in [-0.05, 0) is 36.4 Å². The summed E-state index contributed by atoms with van der Waals surface area (Å²) in [5.74, 6) is 1.06. The molecule has 2 rings (SSSR count). The van der Waals surface area contributed by atoms with E-state index >= 15 is 0 Å². The fourth-order valence-electron chi connectivity index (χ4n) is 1.69. The smallest absolute Gasteiger partial charge is 0.230 e. The van der Waals surface area contributed by atoms with Gasteiger partial charge in [0.15, 0.2) is 0 Å². The Morgan fingerprint density at radius 2 is 2.05 bits per heavy atom. The van der Waals surface area contributed by atoms with Gasteiger partial charge >= 0.3 is 0 Å².